The van der Waals surface area contributed by atoms with E-state index in [0.29, 0.717) is 42.4 Å². The smallest absolute Gasteiger partial charge is 0.335 e. The van der Waals surface area contributed by atoms with Crippen molar-refractivity contribution in [2.24, 2.45) is 0 Å². The van der Waals surface area contributed by atoms with E-state index in [2.05, 4.69) is 5.32 Å². The second kappa shape index (κ2) is 8.14. The Hall–Kier alpha value is -2.67. The highest BCUT2D eigenvalue weighted by atomic mass is 32.2. The van der Waals surface area contributed by atoms with E-state index in [1.807, 2.05) is 12.3 Å². The van der Waals surface area contributed by atoms with Crippen molar-refractivity contribution in [1.82, 2.24) is 0 Å². The molecule has 0 radical (unpaired) electrons. The third-order valence-corrected chi connectivity index (χ3v) is 4.79. The molecule has 0 atom stereocenters. The molecule has 26 heavy (non-hydrogen) atoms. The number of aryl methyl sites for hydroxylation is 1. The molecule has 2 aromatic carbocycles. The molecule has 2 aromatic rings. The summed E-state index contributed by atoms with van der Waals surface area (Å²) in [5.74, 6) is 0.115. The minimum absolute atomic E-state index is 0.183. The van der Waals surface area contributed by atoms with Crippen LogP contribution < -0.4 is 14.8 Å². The van der Waals surface area contributed by atoms with Gasteiger partial charge in [0, 0.05) is 17.4 Å². The summed E-state index contributed by atoms with van der Waals surface area (Å²) in [7, 11) is 0. The van der Waals surface area contributed by atoms with E-state index in [-0.39, 0.29) is 17.9 Å². The molecule has 1 amide bonds. The molecule has 0 bridgehead atoms. The molecule has 136 valence electrons. The van der Waals surface area contributed by atoms with Crippen molar-refractivity contribution in [3.8, 4) is 11.5 Å². The maximum absolute atomic E-state index is 12.4. The summed E-state index contributed by atoms with van der Waals surface area (Å²) >= 11 is 1.50. The van der Waals surface area contributed by atoms with Crippen molar-refractivity contribution >= 4 is 29.3 Å². The van der Waals surface area contributed by atoms with Crippen LogP contribution in [-0.2, 0) is 11.2 Å². The van der Waals surface area contributed by atoms with Crippen LogP contribution >= 0.6 is 11.8 Å². The van der Waals surface area contributed by atoms with Crippen LogP contribution in [0.5, 0.6) is 11.5 Å². The second-order valence-corrected chi connectivity index (χ2v) is 6.55. The number of rotatable bonds is 6. The molecular formula is C19H19NO5S. The van der Waals surface area contributed by atoms with Gasteiger partial charge < -0.3 is 19.9 Å². The van der Waals surface area contributed by atoms with Gasteiger partial charge in [0.1, 0.15) is 13.2 Å². The van der Waals surface area contributed by atoms with Gasteiger partial charge in [0.2, 0.25) is 5.91 Å². The van der Waals surface area contributed by atoms with E-state index in [4.69, 9.17) is 9.47 Å². The Morgan fingerprint density at radius 3 is 2.54 bits per heavy atom. The van der Waals surface area contributed by atoms with Gasteiger partial charge in [-0.05, 0) is 30.4 Å². The topological polar surface area (TPSA) is 84.9 Å². The summed E-state index contributed by atoms with van der Waals surface area (Å²) in [5, 5.41) is 12.1. The molecule has 1 heterocycles. The van der Waals surface area contributed by atoms with E-state index in [0.717, 1.165) is 4.90 Å². The zero-order valence-corrected chi connectivity index (χ0v) is 15.1. The summed E-state index contributed by atoms with van der Waals surface area (Å²) in [6.07, 6.45) is 2.46. The maximum atomic E-state index is 12.4. The van der Waals surface area contributed by atoms with Crippen LogP contribution in [0.15, 0.2) is 41.3 Å². The lowest BCUT2D eigenvalue weighted by atomic mass is 10.0. The summed E-state index contributed by atoms with van der Waals surface area (Å²) in [5.41, 5.74) is 1.53. The molecule has 0 unspecified atom stereocenters. The highest BCUT2D eigenvalue weighted by Gasteiger charge is 2.17. The fourth-order valence-electron chi connectivity index (χ4n) is 2.74. The first-order valence-electron chi connectivity index (χ1n) is 8.17. The van der Waals surface area contributed by atoms with Crippen molar-refractivity contribution in [2.75, 3.05) is 24.8 Å². The third-order valence-electron chi connectivity index (χ3n) is 4.01. The number of amides is 1. The predicted octanol–water partition coefficient (Wildman–Crippen LogP) is 3.45. The van der Waals surface area contributed by atoms with E-state index < -0.39 is 5.97 Å². The van der Waals surface area contributed by atoms with Gasteiger partial charge >= 0.3 is 5.97 Å². The molecular weight excluding hydrogens is 354 g/mol. The number of carbonyl (C=O) groups excluding carboxylic acids is 1. The number of fused-ring (bicyclic) bond motifs is 1. The summed E-state index contributed by atoms with van der Waals surface area (Å²) < 4.78 is 11.1. The van der Waals surface area contributed by atoms with E-state index in [1.54, 1.807) is 30.3 Å². The third kappa shape index (κ3) is 4.11. The van der Waals surface area contributed by atoms with Gasteiger partial charge in [-0.25, -0.2) is 4.79 Å². The molecule has 0 saturated heterocycles. The van der Waals surface area contributed by atoms with Crippen LogP contribution in [0.3, 0.4) is 0 Å². The van der Waals surface area contributed by atoms with Gasteiger partial charge in [0.25, 0.3) is 0 Å². The second-order valence-electron chi connectivity index (χ2n) is 5.71. The molecule has 7 heteroatoms. The van der Waals surface area contributed by atoms with E-state index in [9.17, 15) is 14.7 Å². The standard InChI is InChI=1S/C19H19NO5S/c1-26-17-11-16-15(24-8-9-25-16)10-14(17)20-18(21)7-6-12-4-2-3-5-13(12)19(22)23/h2-5,10-11H,6-9H2,1H3,(H,20,21)(H,22,23). The highest BCUT2D eigenvalue weighted by Crippen LogP contribution is 2.39. The van der Waals surface area contributed by atoms with Crippen molar-refractivity contribution in [1.29, 1.82) is 0 Å². The molecule has 1 aliphatic rings. The fraction of sp³-hybridized carbons (Fsp3) is 0.263. The van der Waals surface area contributed by atoms with Crippen LogP contribution in [-0.4, -0.2) is 36.5 Å². The van der Waals surface area contributed by atoms with Gasteiger partial charge in [-0.1, -0.05) is 18.2 Å². The van der Waals surface area contributed by atoms with Gasteiger partial charge in [-0.2, -0.15) is 0 Å². The van der Waals surface area contributed by atoms with Crippen LogP contribution in [0.2, 0.25) is 0 Å². The van der Waals surface area contributed by atoms with Crippen molar-refractivity contribution in [3.05, 3.63) is 47.5 Å². The Bertz CT molecular complexity index is 837. The molecule has 3 rings (SSSR count). The Balaban J connectivity index is 1.70. The Labute approximate surface area is 155 Å². The number of aromatic carboxylic acids is 1. The molecule has 2 N–H and O–H groups in total. The van der Waals surface area contributed by atoms with Crippen LogP contribution in [0, 0.1) is 0 Å². The predicted molar refractivity (Wildman–Crippen MR) is 99.6 cm³/mol. The largest absolute Gasteiger partial charge is 0.486 e. The first-order valence-corrected chi connectivity index (χ1v) is 9.39. The summed E-state index contributed by atoms with van der Waals surface area (Å²) in [4.78, 5) is 24.5. The average molecular weight is 373 g/mol. The lowest BCUT2D eigenvalue weighted by molar-refractivity contribution is -0.116. The first-order chi connectivity index (χ1) is 12.6. The van der Waals surface area contributed by atoms with Crippen molar-refractivity contribution in [3.63, 3.8) is 0 Å². The number of nitrogens with one attached hydrogen (secondary N) is 1. The molecule has 0 spiro atoms. The molecule has 0 aliphatic carbocycles. The van der Waals surface area contributed by atoms with Gasteiger partial charge in [-0.3, -0.25) is 4.79 Å². The normalized spacial score (nSPS) is 12.5. The molecule has 1 aliphatic heterocycles. The van der Waals surface area contributed by atoms with Crippen LogP contribution in [0.1, 0.15) is 22.3 Å². The minimum atomic E-state index is -0.988. The van der Waals surface area contributed by atoms with Crippen molar-refractivity contribution < 1.29 is 24.2 Å². The maximum Gasteiger partial charge on any atom is 0.335 e. The lowest BCUT2D eigenvalue weighted by Crippen LogP contribution is -2.17. The molecule has 0 aromatic heterocycles. The Morgan fingerprint density at radius 1 is 1.15 bits per heavy atom. The van der Waals surface area contributed by atoms with Gasteiger partial charge in [-0.15, -0.1) is 11.8 Å². The average Bonchev–Trinajstić information content (AvgIpc) is 2.66. The number of carboxylic acids is 1. The SMILES string of the molecule is CSc1cc2c(cc1NC(=O)CCc1ccccc1C(=O)O)OCCO2. The van der Waals surface area contributed by atoms with Crippen molar-refractivity contribution in [2.45, 2.75) is 17.7 Å². The number of carboxylic acid groups (broad SMARTS) is 1. The number of anilines is 1. The monoisotopic (exact) mass is 373 g/mol. The number of hydrogen-bond donors (Lipinski definition) is 2. The first kappa shape index (κ1) is 18.1. The summed E-state index contributed by atoms with van der Waals surface area (Å²) in [6, 6.07) is 10.3. The highest BCUT2D eigenvalue weighted by molar-refractivity contribution is 7.98. The van der Waals surface area contributed by atoms with Crippen LogP contribution in [0.4, 0.5) is 5.69 Å². The number of hydrogen-bond acceptors (Lipinski definition) is 5. The zero-order chi connectivity index (χ0) is 18.5. The Kier molecular flexibility index (Phi) is 5.68. The number of benzene rings is 2. The zero-order valence-electron chi connectivity index (χ0n) is 14.3. The number of thioether (sulfide) groups is 1. The quantitative estimate of drug-likeness (QED) is 0.755. The molecule has 0 saturated carbocycles. The lowest BCUT2D eigenvalue weighted by Gasteiger charge is -2.21. The molecule has 6 nitrogen and oxygen atoms in total. The molecule has 0 fully saturated rings. The van der Waals surface area contributed by atoms with Gasteiger partial charge in [0.15, 0.2) is 11.5 Å². The number of ether oxygens (including phenoxy) is 2. The number of carbonyl (C=O) groups is 2. The van der Waals surface area contributed by atoms with Gasteiger partial charge in [0.05, 0.1) is 11.3 Å². The van der Waals surface area contributed by atoms with Crippen LogP contribution in [0.25, 0.3) is 0 Å². The minimum Gasteiger partial charge on any atom is -0.486 e. The van der Waals surface area contributed by atoms with E-state index in [1.165, 1.54) is 11.8 Å². The van der Waals surface area contributed by atoms with E-state index >= 15 is 0 Å². The Morgan fingerprint density at radius 2 is 1.85 bits per heavy atom. The summed E-state index contributed by atoms with van der Waals surface area (Å²) in [6.45, 7) is 0.987. The fourth-order valence-corrected chi connectivity index (χ4v) is 3.30.